The third-order valence-corrected chi connectivity index (χ3v) is 2.72. The molecule has 0 bridgehead atoms. The first-order valence-corrected chi connectivity index (χ1v) is 6.34. The number of hydrogen-bond donors (Lipinski definition) is 1. The summed E-state index contributed by atoms with van der Waals surface area (Å²) in [6, 6.07) is 0. The Hall–Kier alpha value is -1.59. The molecule has 0 radical (unpaired) electrons. The normalized spacial score (nSPS) is 12.8. The van der Waals surface area contributed by atoms with Crippen LogP contribution in [0.25, 0.3) is 0 Å². The molecule has 18 heavy (non-hydrogen) atoms. The Kier molecular flexibility index (Phi) is 4.69. The lowest BCUT2D eigenvalue weighted by Gasteiger charge is -2.21. The molecular weight excluding hydrogens is 228 g/mol. The van der Waals surface area contributed by atoms with Gasteiger partial charge < -0.3 is 10.6 Å². The van der Waals surface area contributed by atoms with Gasteiger partial charge in [0.05, 0.1) is 5.54 Å². The molecule has 6 heteroatoms. The Morgan fingerprint density at radius 2 is 2.00 bits per heavy atom. The first kappa shape index (κ1) is 14.5. The van der Waals surface area contributed by atoms with Crippen molar-refractivity contribution in [1.29, 1.82) is 0 Å². The zero-order valence-corrected chi connectivity index (χ0v) is 12.0. The van der Waals surface area contributed by atoms with Gasteiger partial charge in [0.25, 0.3) is 0 Å². The van der Waals surface area contributed by atoms with E-state index in [0.29, 0.717) is 12.5 Å². The van der Waals surface area contributed by atoms with E-state index in [2.05, 4.69) is 49.7 Å². The SMILES string of the molecule is CCN(CC)C(N)=NCc1ncnn1C(C)(C)C. The van der Waals surface area contributed by atoms with Crippen LogP contribution in [0.3, 0.4) is 0 Å². The van der Waals surface area contributed by atoms with Crippen LogP contribution in [0.4, 0.5) is 0 Å². The van der Waals surface area contributed by atoms with Gasteiger partial charge in [0.2, 0.25) is 0 Å². The molecule has 1 heterocycles. The molecule has 0 saturated carbocycles. The minimum Gasteiger partial charge on any atom is -0.370 e. The highest BCUT2D eigenvalue weighted by Crippen LogP contribution is 2.14. The summed E-state index contributed by atoms with van der Waals surface area (Å²) in [7, 11) is 0. The fourth-order valence-corrected chi connectivity index (χ4v) is 1.73. The predicted octanol–water partition coefficient (Wildman–Crippen LogP) is 1.19. The van der Waals surface area contributed by atoms with Gasteiger partial charge in [0, 0.05) is 13.1 Å². The fourth-order valence-electron chi connectivity index (χ4n) is 1.73. The van der Waals surface area contributed by atoms with Crippen molar-refractivity contribution in [2.24, 2.45) is 10.7 Å². The minimum atomic E-state index is -0.0919. The summed E-state index contributed by atoms with van der Waals surface area (Å²) < 4.78 is 1.88. The van der Waals surface area contributed by atoms with Crippen molar-refractivity contribution in [3.8, 4) is 0 Å². The van der Waals surface area contributed by atoms with Crippen LogP contribution in [0.15, 0.2) is 11.3 Å². The van der Waals surface area contributed by atoms with Crippen LogP contribution in [0, 0.1) is 0 Å². The molecule has 0 amide bonds. The second kappa shape index (κ2) is 5.84. The summed E-state index contributed by atoms with van der Waals surface area (Å²) in [4.78, 5) is 10.6. The number of guanidine groups is 1. The lowest BCUT2D eigenvalue weighted by molar-refractivity contribution is 0.341. The van der Waals surface area contributed by atoms with Crippen LogP contribution in [0.1, 0.15) is 40.4 Å². The van der Waals surface area contributed by atoms with Crippen LogP contribution >= 0.6 is 0 Å². The van der Waals surface area contributed by atoms with Crippen molar-refractivity contribution in [2.45, 2.75) is 46.7 Å². The van der Waals surface area contributed by atoms with E-state index in [1.165, 1.54) is 0 Å². The van der Waals surface area contributed by atoms with E-state index in [4.69, 9.17) is 5.73 Å². The second-order valence-corrected chi connectivity index (χ2v) is 5.11. The summed E-state index contributed by atoms with van der Waals surface area (Å²) in [6.45, 7) is 12.6. The van der Waals surface area contributed by atoms with Crippen LogP contribution in [0.5, 0.6) is 0 Å². The van der Waals surface area contributed by atoms with E-state index in [-0.39, 0.29) is 5.54 Å². The highest BCUT2D eigenvalue weighted by atomic mass is 15.4. The molecule has 0 fully saturated rings. The number of hydrogen-bond acceptors (Lipinski definition) is 3. The quantitative estimate of drug-likeness (QED) is 0.645. The number of rotatable bonds is 4. The van der Waals surface area contributed by atoms with Gasteiger partial charge in [-0.05, 0) is 34.6 Å². The van der Waals surface area contributed by atoms with E-state index >= 15 is 0 Å². The molecule has 2 N–H and O–H groups in total. The van der Waals surface area contributed by atoms with Gasteiger partial charge in [0.1, 0.15) is 18.7 Å². The number of aromatic nitrogens is 3. The standard InChI is InChI=1S/C12H24N6/c1-6-17(7-2)11(13)14-8-10-15-9-16-18(10)12(3,4)5/h9H,6-8H2,1-5H3,(H2,13,14). The molecule has 102 valence electrons. The van der Waals surface area contributed by atoms with Gasteiger partial charge in [-0.1, -0.05) is 0 Å². The van der Waals surface area contributed by atoms with Gasteiger partial charge in [-0.15, -0.1) is 0 Å². The first-order valence-electron chi connectivity index (χ1n) is 6.34. The van der Waals surface area contributed by atoms with Gasteiger partial charge in [0.15, 0.2) is 5.96 Å². The third kappa shape index (κ3) is 3.45. The molecule has 0 aliphatic rings. The van der Waals surface area contributed by atoms with E-state index in [9.17, 15) is 0 Å². The molecule has 0 spiro atoms. The van der Waals surface area contributed by atoms with Crippen LogP contribution in [-0.4, -0.2) is 38.7 Å². The lowest BCUT2D eigenvalue weighted by atomic mass is 10.1. The Bertz CT molecular complexity index is 397. The van der Waals surface area contributed by atoms with Crippen LogP contribution in [0.2, 0.25) is 0 Å². The maximum atomic E-state index is 5.93. The van der Waals surface area contributed by atoms with Crippen molar-refractivity contribution >= 4 is 5.96 Å². The summed E-state index contributed by atoms with van der Waals surface area (Å²) in [6.07, 6.45) is 1.56. The zero-order chi connectivity index (χ0) is 13.8. The molecule has 1 aromatic heterocycles. The van der Waals surface area contributed by atoms with Gasteiger partial charge in [-0.2, -0.15) is 5.10 Å². The molecule has 1 rings (SSSR count). The van der Waals surface area contributed by atoms with Crippen molar-refractivity contribution in [1.82, 2.24) is 19.7 Å². The molecule has 0 unspecified atom stereocenters. The minimum absolute atomic E-state index is 0.0919. The van der Waals surface area contributed by atoms with Gasteiger partial charge >= 0.3 is 0 Å². The predicted molar refractivity (Wildman–Crippen MR) is 73.3 cm³/mol. The number of nitrogens with two attached hydrogens (primary N) is 1. The smallest absolute Gasteiger partial charge is 0.191 e. The van der Waals surface area contributed by atoms with Crippen molar-refractivity contribution in [3.63, 3.8) is 0 Å². The summed E-state index contributed by atoms with van der Waals surface area (Å²) >= 11 is 0. The molecule has 0 aromatic carbocycles. The lowest BCUT2D eigenvalue weighted by Crippen LogP contribution is -2.37. The highest BCUT2D eigenvalue weighted by molar-refractivity contribution is 5.77. The van der Waals surface area contributed by atoms with Crippen molar-refractivity contribution in [2.75, 3.05) is 13.1 Å². The van der Waals surface area contributed by atoms with Crippen LogP contribution < -0.4 is 5.73 Å². The summed E-state index contributed by atoms with van der Waals surface area (Å²) in [5.74, 6) is 1.39. The van der Waals surface area contributed by atoms with Crippen molar-refractivity contribution < 1.29 is 0 Å². The van der Waals surface area contributed by atoms with Gasteiger partial charge in [-0.3, -0.25) is 0 Å². The second-order valence-electron chi connectivity index (χ2n) is 5.11. The van der Waals surface area contributed by atoms with E-state index in [1.807, 2.05) is 9.58 Å². The average molecular weight is 252 g/mol. The Morgan fingerprint density at radius 1 is 1.39 bits per heavy atom. The Balaban J connectivity index is 2.81. The van der Waals surface area contributed by atoms with Crippen molar-refractivity contribution in [3.05, 3.63) is 12.2 Å². The number of aliphatic imine (C=N–C) groups is 1. The largest absolute Gasteiger partial charge is 0.370 e. The molecule has 6 nitrogen and oxygen atoms in total. The summed E-state index contributed by atoms with van der Waals surface area (Å²) in [5, 5.41) is 4.23. The fraction of sp³-hybridized carbons (Fsp3) is 0.750. The van der Waals surface area contributed by atoms with E-state index < -0.39 is 0 Å². The van der Waals surface area contributed by atoms with Gasteiger partial charge in [-0.25, -0.2) is 14.7 Å². The Morgan fingerprint density at radius 3 is 2.50 bits per heavy atom. The van der Waals surface area contributed by atoms with Crippen LogP contribution in [-0.2, 0) is 12.1 Å². The first-order chi connectivity index (χ1) is 8.40. The van der Waals surface area contributed by atoms with E-state index in [1.54, 1.807) is 6.33 Å². The van der Waals surface area contributed by atoms with E-state index in [0.717, 1.165) is 18.9 Å². The maximum absolute atomic E-state index is 5.93. The monoisotopic (exact) mass is 252 g/mol. The number of nitrogens with zero attached hydrogens (tertiary/aromatic N) is 5. The Labute approximate surface area is 109 Å². The average Bonchev–Trinajstić information content (AvgIpc) is 2.75. The molecule has 0 saturated heterocycles. The molecule has 1 aromatic rings. The zero-order valence-electron chi connectivity index (χ0n) is 12.0. The molecule has 0 aliphatic heterocycles. The molecule has 0 aliphatic carbocycles. The summed E-state index contributed by atoms with van der Waals surface area (Å²) in [5.41, 5.74) is 5.84. The third-order valence-electron chi connectivity index (χ3n) is 2.72. The molecular formula is C12H24N6. The topological polar surface area (TPSA) is 72.3 Å². The maximum Gasteiger partial charge on any atom is 0.191 e. The highest BCUT2D eigenvalue weighted by Gasteiger charge is 2.18. The molecule has 0 atom stereocenters.